The van der Waals surface area contributed by atoms with Crippen molar-refractivity contribution < 1.29 is 18.0 Å². The lowest BCUT2D eigenvalue weighted by molar-refractivity contribution is -0.366. The second-order valence-electron chi connectivity index (χ2n) is 2.69. The van der Waals surface area contributed by atoms with Crippen LogP contribution in [0.5, 0.6) is 0 Å². The van der Waals surface area contributed by atoms with E-state index in [1.54, 1.807) is 12.1 Å². The summed E-state index contributed by atoms with van der Waals surface area (Å²) in [5, 5.41) is 0. The first kappa shape index (κ1) is 10.1. The summed E-state index contributed by atoms with van der Waals surface area (Å²) in [6.45, 7) is 0.738. The molecule has 0 saturated heterocycles. The van der Waals surface area contributed by atoms with Crippen LogP contribution in [0.15, 0.2) is 29.2 Å². The monoisotopic (exact) mass is 204 g/mol. The average Bonchev–Trinajstić information content (AvgIpc) is 2.04. The van der Waals surface area contributed by atoms with E-state index in [1.165, 1.54) is 12.1 Å². The predicted molar refractivity (Wildman–Crippen MR) is 46.2 cm³/mol. The normalized spacial score (nSPS) is 11.5. The molecule has 1 aromatic carbocycles. The number of benzene rings is 1. The lowest BCUT2D eigenvalue weighted by Gasteiger charge is -1.97. The topological polar surface area (TPSA) is 61.8 Å². The zero-order chi connectivity index (χ0) is 9.90. The Bertz CT molecular complexity index is 372. The molecule has 13 heavy (non-hydrogen) atoms. The molecule has 0 aliphatic carbocycles. The standard InChI is InChI=1S/C8H10FNO2S/c9-13(11,12)8-3-1-7(2-4-8)5-6-10/h1-4H,5-6,10H2/p+1. The Hall–Kier alpha value is -0.940. The third kappa shape index (κ3) is 2.78. The van der Waals surface area contributed by atoms with Crippen LogP contribution in [0.4, 0.5) is 3.89 Å². The van der Waals surface area contributed by atoms with Crippen LogP contribution >= 0.6 is 0 Å². The van der Waals surface area contributed by atoms with Gasteiger partial charge in [0, 0.05) is 6.42 Å². The van der Waals surface area contributed by atoms with Crippen molar-refractivity contribution in [3.63, 3.8) is 0 Å². The summed E-state index contributed by atoms with van der Waals surface area (Å²) in [5.41, 5.74) is 4.62. The summed E-state index contributed by atoms with van der Waals surface area (Å²) in [7, 11) is -4.55. The van der Waals surface area contributed by atoms with Crippen molar-refractivity contribution in [2.24, 2.45) is 0 Å². The van der Waals surface area contributed by atoms with Gasteiger partial charge in [-0.15, -0.1) is 3.89 Å². The minimum atomic E-state index is -4.55. The minimum Gasteiger partial charge on any atom is -0.357 e. The Labute approximate surface area is 76.6 Å². The van der Waals surface area contributed by atoms with E-state index in [1.807, 2.05) is 0 Å². The fourth-order valence-electron chi connectivity index (χ4n) is 1.02. The van der Waals surface area contributed by atoms with Gasteiger partial charge in [-0.05, 0) is 17.7 Å². The van der Waals surface area contributed by atoms with Crippen molar-refractivity contribution in [3.8, 4) is 0 Å². The van der Waals surface area contributed by atoms with Gasteiger partial charge in [0.15, 0.2) is 0 Å². The van der Waals surface area contributed by atoms with Gasteiger partial charge in [0.25, 0.3) is 0 Å². The van der Waals surface area contributed by atoms with Crippen LogP contribution in [0.1, 0.15) is 5.56 Å². The molecule has 0 aromatic heterocycles. The van der Waals surface area contributed by atoms with E-state index in [9.17, 15) is 12.3 Å². The summed E-state index contributed by atoms with van der Waals surface area (Å²) in [6.07, 6.45) is 0.770. The van der Waals surface area contributed by atoms with Crippen LogP contribution in [-0.2, 0) is 16.6 Å². The van der Waals surface area contributed by atoms with Gasteiger partial charge in [0.05, 0.1) is 11.4 Å². The number of quaternary nitrogens is 1. The highest BCUT2D eigenvalue weighted by atomic mass is 32.3. The Kier molecular flexibility index (Phi) is 3.00. The molecule has 0 saturated carbocycles. The van der Waals surface area contributed by atoms with Crippen molar-refractivity contribution in [1.82, 2.24) is 0 Å². The maximum atomic E-state index is 12.4. The van der Waals surface area contributed by atoms with Gasteiger partial charge in [0.1, 0.15) is 0 Å². The molecule has 0 unspecified atom stereocenters. The molecule has 1 rings (SSSR count). The van der Waals surface area contributed by atoms with Gasteiger partial charge in [-0.3, -0.25) is 0 Å². The maximum Gasteiger partial charge on any atom is 0.332 e. The zero-order valence-corrected chi connectivity index (χ0v) is 7.85. The average molecular weight is 204 g/mol. The number of halogens is 1. The van der Waals surface area contributed by atoms with E-state index in [4.69, 9.17) is 0 Å². The minimum absolute atomic E-state index is 0.291. The van der Waals surface area contributed by atoms with Gasteiger partial charge >= 0.3 is 10.2 Å². The molecule has 0 aliphatic rings. The predicted octanol–water partition coefficient (Wildman–Crippen LogP) is 0.129. The molecular formula is C8H11FNO2S+. The Balaban J connectivity index is 2.94. The smallest absolute Gasteiger partial charge is 0.332 e. The highest BCUT2D eigenvalue weighted by Crippen LogP contribution is 2.12. The van der Waals surface area contributed by atoms with Crippen LogP contribution in [0.2, 0.25) is 0 Å². The van der Waals surface area contributed by atoms with Crippen LogP contribution in [0.3, 0.4) is 0 Å². The van der Waals surface area contributed by atoms with Gasteiger partial charge in [0.2, 0.25) is 0 Å². The highest BCUT2D eigenvalue weighted by molar-refractivity contribution is 7.86. The number of hydrogen-bond acceptors (Lipinski definition) is 2. The Morgan fingerprint density at radius 1 is 1.23 bits per heavy atom. The summed E-state index contributed by atoms with van der Waals surface area (Å²) in [5.74, 6) is 0. The first-order valence-electron chi connectivity index (χ1n) is 3.87. The van der Waals surface area contributed by atoms with Crippen molar-refractivity contribution in [2.45, 2.75) is 11.3 Å². The Morgan fingerprint density at radius 3 is 2.15 bits per heavy atom. The van der Waals surface area contributed by atoms with Gasteiger partial charge in [-0.25, -0.2) is 0 Å². The third-order valence-corrected chi connectivity index (χ3v) is 2.51. The SMILES string of the molecule is [NH3+]CCc1ccc(S(=O)(=O)F)cc1. The fraction of sp³-hybridized carbons (Fsp3) is 0.250. The van der Waals surface area contributed by atoms with Crippen LogP contribution < -0.4 is 5.73 Å². The molecule has 0 spiro atoms. The van der Waals surface area contributed by atoms with Crippen LogP contribution in [0, 0.1) is 0 Å². The molecule has 0 amide bonds. The third-order valence-electron chi connectivity index (χ3n) is 1.67. The quantitative estimate of drug-likeness (QED) is 0.711. The van der Waals surface area contributed by atoms with Crippen molar-refractivity contribution in [2.75, 3.05) is 6.54 Å². The second kappa shape index (κ2) is 3.85. The van der Waals surface area contributed by atoms with Crippen molar-refractivity contribution >= 4 is 10.2 Å². The first-order chi connectivity index (χ1) is 6.04. The molecule has 5 heteroatoms. The molecule has 0 fully saturated rings. The zero-order valence-electron chi connectivity index (χ0n) is 7.03. The van der Waals surface area contributed by atoms with E-state index in [0.29, 0.717) is 0 Å². The van der Waals surface area contributed by atoms with E-state index in [-0.39, 0.29) is 4.90 Å². The molecular weight excluding hydrogens is 193 g/mol. The van der Waals surface area contributed by atoms with E-state index in [0.717, 1.165) is 18.5 Å². The van der Waals surface area contributed by atoms with Crippen LogP contribution in [-0.4, -0.2) is 15.0 Å². The summed E-state index contributed by atoms with van der Waals surface area (Å²) in [6, 6.07) is 5.72. The van der Waals surface area contributed by atoms with Crippen LogP contribution in [0.25, 0.3) is 0 Å². The van der Waals surface area contributed by atoms with Crippen molar-refractivity contribution in [3.05, 3.63) is 29.8 Å². The maximum absolute atomic E-state index is 12.4. The van der Waals surface area contributed by atoms with E-state index in [2.05, 4.69) is 5.73 Å². The molecule has 1 aromatic rings. The lowest BCUT2D eigenvalue weighted by Crippen LogP contribution is -2.51. The molecule has 3 nitrogen and oxygen atoms in total. The number of rotatable bonds is 3. The lowest BCUT2D eigenvalue weighted by atomic mass is 10.2. The molecule has 0 bridgehead atoms. The Morgan fingerprint density at radius 2 is 1.77 bits per heavy atom. The van der Waals surface area contributed by atoms with Gasteiger partial charge in [-0.1, -0.05) is 12.1 Å². The molecule has 0 radical (unpaired) electrons. The summed E-state index contributed by atoms with van der Waals surface area (Å²) >= 11 is 0. The van der Waals surface area contributed by atoms with Crippen molar-refractivity contribution in [1.29, 1.82) is 0 Å². The van der Waals surface area contributed by atoms with E-state index >= 15 is 0 Å². The molecule has 0 aliphatic heterocycles. The van der Waals surface area contributed by atoms with E-state index < -0.39 is 10.2 Å². The largest absolute Gasteiger partial charge is 0.357 e. The van der Waals surface area contributed by atoms with Gasteiger partial charge in [-0.2, -0.15) is 8.42 Å². The molecule has 3 N–H and O–H groups in total. The summed E-state index contributed by atoms with van der Waals surface area (Å²) < 4.78 is 33.2. The number of hydrogen-bond donors (Lipinski definition) is 1. The highest BCUT2D eigenvalue weighted by Gasteiger charge is 2.10. The van der Waals surface area contributed by atoms with Gasteiger partial charge < -0.3 is 5.73 Å². The molecule has 0 heterocycles. The fourth-order valence-corrected chi connectivity index (χ4v) is 1.48. The molecule has 72 valence electrons. The summed E-state index contributed by atoms with van der Waals surface area (Å²) in [4.78, 5) is -0.291. The molecule has 0 atom stereocenters. The second-order valence-corrected chi connectivity index (χ2v) is 4.03. The first-order valence-corrected chi connectivity index (χ1v) is 5.25.